The molecule has 0 spiro atoms. The highest BCUT2D eigenvalue weighted by Gasteiger charge is 2.32. The topological polar surface area (TPSA) is 15.3 Å². The maximum Gasteiger partial charge on any atom is 0.0100 e. The van der Waals surface area contributed by atoms with E-state index in [-0.39, 0.29) is 0 Å². The summed E-state index contributed by atoms with van der Waals surface area (Å²) in [7, 11) is 0. The summed E-state index contributed by atoms with van der Waals surface area (Å²) in [5.74, 6) is 0.790. The normalized spacial score (nSPS) is 39.0. The third kappa shape index (κ3) is 3.96. The predicted octanol–water partition coefficient (Wildman–Crippen LogP) is 3.28. The van der Waals surface area contributed by atoms with Crippen molar-refractivity contribution in [1.29, 1.82) is 0 Å². The second-order valence-electron chi connectivity index (χ2n) is 7.61. The van der Waals surface area contributed by atoms with Gasteiger partial charge in [0.25, 0.3) is 0 Å². The number of hydrogen-bond donors (Lipinski definition) is 1. The fourth-order valence-corrected chi connectivity index (χ4v) is 3.72. The summed E-state index contributed by atoms with van der Waals surface area (Å²) < 4.78 is 0. The average Bonchev–Trinajstić information content (AvgIpc) is 2.28. The van der Waals surface area contributed by atoms with E-state index in [4.69, 9.17) is 0 Å². The van der Waals surface area contributed by atoms with Gasteiger partial charge in [-0.15, -0.1) is 0 Å². The molecule has 0 bridgehead atoms. The summed E-state index contributed by atoms with van der Waals surface area (Å²) >= 11 is 0. The van der Waals surface area contributed by atoms with Crippen LogP contribution in [0.2, 0.25) is 0 Å². The van der Waals surface area contributed by atoms with Gasteiger partial charge in [0, 0.05) is 18.6 Å². The van der Waals surface area contributed by atoms with Crippen molar-refractivity contribution in [1.82, 2.24) is 10.2 Å². The van der Waals surface area contributed by atoms with Gasteiger partial charge in [0.05, 0.1) is 0 Å². The van der Waals surface area contributed by atoms with E-state index >= 15 is 0 Å². The van der Waals surface area contributed by atoms with Crippen LogP contribution in [0.15, 0.2) is 0 Å². The van der Waals surface area contributed by atoms with Gasteiger partial charge in [-0.1, -0.05) is 27.2 Å². The van der Waals surface area contributed by atoms with Gasteiger partial charge in [-0.2, -0.15) is 0 Å². The average molecular weight is 252 g/mol. The van der Waals surface area contributed by atoms with E-state index < -0.39 is 0 Å². The molecule has 2 fully saturated rings. The number of rotatable bonds is 1. The van der Waals surface area contributed by atoms with Crippen LogP contribution in [0.4, 0.5) is 0 Å². The van der Waals surface area contributed by atoms with Gasteiger partial charge in [0.15, 0.2) is 0 Å². The van der Waals surface area contributed by atoms with E-state index in [1.807, 2.05) is 0 Å². The van der Waals surface area contributed by atoms with E-state index in [2.05, 4.69) is 37.9 Å². The lowest BCUT2D eigenvalue weighted by Gasteiger charge is -2.43. The molecule has 2 rings (SSSR count). The van der Waals surface area contributed by atoms with Crippen molar-refractivity contribution in [3.05, 3.63) is 0 Å². The Balaban J connectivity index is 1.96. The molecule has 1 saturated heterocycles. The van der Waals surface area contributed by atoms with Gasteiger partial charge in [-0.3, -0.25) is 4.90 Å². The highest BCUT2D eigenvalue weighted by Crippen LogP contribution is 2.37. The van der Waals surface area contributed by atoms with Crippen LogP contribution < -0.4 is 5.32 Å². The summed E-state index contributed by atoms with van der Waals surface area (Å²) in [6.07, 6.45) is 6.99. The Kier molecular flexibility index (Phi) is 4.71. The largest absolute Gasteiger partial charge is 0.314 e. The van der Waals surface area contributed by atoms with Crippen LogP contribution in [0.25, 0.3) is 0 Å². The van der Waals surface area contributed by atoms with Crippen molar-refractivity contribution < 1.29 is 0 Å². The fourth-order valence-electron chi connectivity index (χ4n) is 3.72. The van der Waals surface area contributed by atoms with Crippen molar-refractivity contribution in [2.75, 3.05) is 19.6 Å². The molecule has 0 amide bonds. The van der Waals surface area contributed by atoms with Crippen LogP contribution in [0, 0.1) is 11.3 Å². The van der Waals surface area contributed by atoms with Crippen molar-refractivity contribution in [3.63, 3.8) is 0 Å². The zero-order valence-electron chi connectivity index (χ0n) is 12.8. The van der Waals surface area contributed by atoms with Gasteiger partial charge in [0.2, 0.25) is 0 Å². The minimum Gasteiger partial charge on any atom is -0.314 e. The van der Waals surface area contributed by atoms with Gasteiger partial charge in [-0.05, 0) is 57.0 Å². The number of nitrogens with one attached hydrogen (secondary N) is 1. The third-order valence-corrected chi connectivity index (χ3v) is 4.91. The Bertz CT molecular complexity index is 262. The molecule has 2 heteroatoms. The van der Waals surface area contributed by atoms with Gasteiger partial charge < -0.3 is 5.32 Å². The summed E-state index contributed by atoms with van der Waals surface area (Å²) in [5.41, 5.74) is 0.568. The first-order chi connectivity index (χ1) is 8.46. The Labute approximate surface area is 114 Å². The Hall–Kier alpha value is -0.0800. The predicted molar refractivity (Wildman–Crippen MR) is 78.9 cm³/mol. The lowest BCUT2D eigenvalue weighted by molar-refractivity contribution is 0.0736. The molecule has 3 unspecified atom stereocenters. The van der Waals surface area contributed by atoms with Crippen molar-refractivity contribution >= 4 is 0 Å². The minimum atomic E-state index is 0.568. The molecule has 1 aliphatic heterocycles. The third-order valence-electron chi connectivity index (χ3n) is 4.91. The number of nitrogens with zero attached hydrogens (tertiary/aromatic N) is 1. The standard InChI is InChI=1S/C16H32N2/c1-13-11-17-14(2)7-9-18(12-13)15-6-5-8-16(3,4)10-15/h13-15,17H,5-12H2,1-4H3. The smallest absolute Gasteiger partial charge is 0.0100 e. The maximum absolute atomic E-state index is 3.65. The van der Waals surface area contributed by atoms with E-state index in [0.717, 1.165) is 12.0 Å². The Morgan fingerprint density at radius 3 is 2.67 bits per heavy atom. The molecular weight excluding hydrogens is 220 g/mol. The molecule has 0 aromatic carbocycles. The molecule has 2 aliphatic rings. The maximum atomic E-state index is 3.65. The highest BCUT2D eigenvalue weighted by atomic mass is 15.2. The van der Waals surface area contributed by atoms with Crippen LogP contribution in [-0.4, -0.2) is 36.6 Å². The first-order valence-electron chi connectivity index (χ1n) is 7.94. The molecule has 1 aliphatic carbocycles. The van der Waals surface area contributed by atoms with Crippen LogP contribution >= 0.6 is 0 Å². The lowest BCUT2D eigenvalue weighted by atomic mass is 9.74. The van der Waals surface area contributed by atoms with Gasteiger partial charge in [-0.25, -0.2) is 0 Å². The van der Waals surface area contributed by atoms with E-state index in [1.54, 1.807) is 0 Å². The van der Waals surface area contributed by atoms with Gasteiger partial charge in [0.1, 0.15) is 0 Å². The van der Waals surface area contributed by atoms with Crippen molar-refractivity contribution in [2.24, 2.45) is 11.3 Å². The van der Waals surface area contributed by atoms with Crippen molar-refractivity contribution in [2.45, 2.75) is 71.9 Å². The molecule has 1 saturated carbocycles. The summed E-state index contributed by atoms with van der Waals surface area (Å²) in [4.78, 5) is 2.81. The fraction of sp³-hybridized carbons (Fsp3) is 1.00. The minimum absolute atomic E-state index is 0.568. The summed E-state index contributed by atoms with van der Waals surface area (Å²) in [5, 5.41) is 3.65. The first-order valence-corrected chi connectivity index (χ1v) is 7.94. The summed E-state index contributed by atoms with van der Waals surface area (Å²) in [6.45, 7) is 13.4. The monoisotopic (exact) mass is 252 g/mol. The molecule has 3 atom stereocenters. The molecule has 2 nitrogen and oxygen atoms in total. The number of hydrogen-bond acceptors (Lipinski definition) is 2. The van der Waals surface area contributed by atoms with Crippen LogP contribution in [-0.2, 0) is 0 Å². The van der Waals surface area contributed by atoms with E-state index in [1.165, 1.54) is 51.7 Å². The lowest BCUT2D eigenvalue weighted by Crippen LogP contribution is -2.48. The van der Waals surface area contributed by atoms with E-state index in [0.29, 0.717) is 11.5 Å². The Morgan fingerprint density at radius 2 is 1.94 bits per heavy atom. The second-order valence-corrected chi connectivity index (χ2v) is 7.61. The molecule has 1 heterocycles. The Morgan fingerprint density at radius 1 is 1.17 bits per heavy atom. The van der Waals surface area contributed by atoms with Crippen LogP contribution in [0.5, 0.6) is 0 Å². The molecular formula is C16H32N2. The van der Waals surface area contributed by atoms with Crippen LogP contribution in [0.3, 0.4) is 0 Å². The molecule has 0 aromatic rings. The van der Waals surface area contributed by atoms with Crippen molar-refractivity contribution in [3.8, 4) is 0 Å². The van der Waals surface area contributed by atoms with Gasteiger partial charge >= 0.3 is 0 Å². The zero-order valence-corrected chi connectivity index (χ0v) is 12.8. The molecule has 1 N–H and O–H groups in total. The summed E-state index contributed by atoms with van der Waals surface area (Å²) in [6, 6.07) is 1.54. The molecule has 0 radical (unpaired) electrons. The van der Waals surface area contributed by atoms with Crippen LogP contribution in [0.1, 0.15) is 59.8 Å². The SMILES string of the molecule is CC1CNC(C)CCN(C2CCCC(C)(C)C2)C1. The second kappa shape index (κ2) is 5.92. The quantitative estimate of drug-likeness (QED) is 0.770. The van der Waals surface area contributed by atoms with E-state index in [9.17, 15) is 0 Å². The zero-order chi connectivity index (χ0) is 13.2. The molecule has 106 valence electrons. The molecule has 18 heavy (non-hydrogen) atoms. The molecule has 0 aromatic heterocycles. The highest BCUT2D eigenvalue weighted by molar-refractivity contribution is 4.87. The first kappa shape index (κ1) is 14.3.